The lowest BCUT2D eigenvalue weighted by Gasteiger charge is -2.13. The van der Waals surface area contributed by atoms with Gasteiger partial charge in [0.2, 0.25) is 5.91 Å². The third kappa shape index (κ3) is 19.6. The van der Waals surface area contributed by atoms with Crippen molar-refractivity contribution in [3.8, 4) is 0 Å². The van der Waals surface area contributed by atoms with Crippen molar-refractivity contribution in [1.82, 2.24) is 10.6 Å². The quantitative estimate of drug-likeness (QED) is 0.219. The minimum Gasteiger partial charge on any atom is -0.381 e. The highest BCUT2D eigenvalue weighted by molar-refractivity contribution is 5.76. The third-order valence-corrected chi connectivity index (χ3v) is 4.78. The maximum absolute atomic E-state index is 11.6. The molecule has 4 heteroatoms. The highest BCUT2D eigenvalue weighted by Gasteiger charge is 2.05. The van der Waals surface area contributed by atoms with E-state index in [-0.39, 0.29) is 18.8 Å². The van der Waals surface area contributed by atoms with Crippen LogP contribution in [0.1, 0.15) is 117 Å². The SMILES string of the molecule is CCCCCCCCCCCCCCCCCC(=O)NC(C)NCO. The van der Waals surface area contributed by atoms with Gasteiger partial charge in [0.15, 0.2) is 0 Å². The number of unbranched alkanes of at least 4 members (excludes halogenated alkanes) is 14. The van der Waals surface area contributed by atoms with Crippen LogP contribution in [0.3, 0.4) is 0 Å². The summed E-state index contributed by atoms with van der Waals surface area (Å²) in [6.07, 6.45) is 20.5. The average Bonchev–Trinajstić information content (AvgIpc) is 2.58. The van der Waals surface area contributed by atoms with Gasteiger partial charge in [0.05, 0.1) is 12.9 Å². The summed E-state index contributed by atoms with van der Waals surface area (Å²) in [7, 11) is 0. The Labute approximate surface area is 156 Å². The maximum atomic E-state index is 11.6. The number of carbonyl (C=O) groups excluding carboxylic acids is 1. The van der Waals surface area contributed by atoms with Gasteiger partial charge >= 0.3 is 0 Å². The molecule has 0 saturated heterocycles. The van der Waals surface area contributed by atoms with Gasteiger partial charge in [0.25, 0.3) is 0 Å². The van der Waals surface area contributed by atoms with Crippen LogP contribution >= 0.6 is 0 Å². The largest absolute Gasteiger partial charge is 0.381 e. The number of amides is 1. The van der Waals surface area contributed by atoms with Crippen LogP contribution in [0.25, 0.3) is 0 Å². The highest BCUT2D eigenvalue weighted by Crippen LogP contribution is 2.13. The molecule has 0 fully saturated rings. The molecule has 0 aromatic rings. The molecular weight excluding hydrogens is 312 g/mol. The lowest BCUT2D eigenvalue weighted by Crippen LogP contribution is -2.43. The Morgan fingerprint density at radius 2 is 1.16 bits per heavy atom. The van der Waals surface area contributed by atoms with E-state index in [1.807, 2.05) is 6.92 Å². The van der Waals surface area contributed by atoms with Crippen molar-refractivity contribution >= 4 is 5.91 Å². The number of nitrogens with one attached hydrogen (secondary N) is 2. The second kappa shape index (κ2) is 19.7. The summed E-state index contributed by atoms with van der Waals surface area (Å²) in [5.41, 5.74) is 0. The third-order valence-electron chi connectivity index (χ3n) is 4.78. The first-order valence-electron chi connectivity index (χ1n) is 10.8. The van der Waals surface area contributed by atoms with Crippen molar-refractivity contribution < 1.29 is 9.90 Å². The van der Waals surface area contributed by atoms with E-state index in [9.17, 15) is 4.79 Å². The molecule has 150 valence electrons. The molecular formula is C21H44N2O2. The zero-order chi connectivity index (χ0) is 18.6. The van der Waals surface area contributed by atoms with E-state index in [2.05, 4.69) is 17.6 Å². The molecule has 4 nitrogen and oxygen atoms in total. The Balaban J connectivity index is 3.15. The first-order valence-corrected chi connectivity index (χ1v) is 10.8. The lowest BCUT2D eigenvalue weighted by molar-refractivity contribution is -0.122. The van der Waals surface area contributed by atoms with Gasteiger partial charge < -0.3 is 10.4 Å². The molecule has 0 saturated carbocycles. The number of carbonyl (C=O) groups is 1. The van der Waals surface area contributed by atoms with E-state index in [4.69, 9.17) is 5.11 Å². The molecule has 1 atom stereocenters. The molecule has 1 amide bonds. The molecule has 0 heterocycles. The van der Waals surface area contributed by atoms with Crippen LogP contribution in [-0.4, -0.2) is 23.9 Å². The molecule has 0 rings (SSSR count). The van der Waals surface area contributed by atoms with E-state index in [1.54, 1.807) is 0 Å². The molecule has 0 aliphatic rings. The predicted octanol–water partition coefficient (Wildman–Crippen LogP) is 5.25. The summed E-state index contributed by atoms with van der Waals surface area (Å²) in [5.74, 6) is 0.0724. The van der Waals surface area contributed by atoms with Crippen LogP contribution in [0.2, 0.25) is 0 Å². The van der Waals surface area contributed by atoms with Crippen molar-refractivity contribution in [2.24, 2.45) is 0 Å². The summed E-state index contributed by atoms with van der Waals surface area (Å²) in [6, 6.07) is 0. The summed E-state index contributed by atoms with van der Waals surface area (Å²) >= 11 is 0. The van der Waals surface area contributed by atoms with E-state index in [0.29, 0.717) is 6.42 Å². The predicted molar refractivity (Wildman–Crippen MR) is 107 cm³/mol. The Morgan fingerprint density at radius 1 is 0.760 bits per heavy atom. The topological polar surface area (TPSA) is 61.4 Å². The molecule has 0 aromatic carbocycles. The van der Waals surface area contributed by atoms with Crippen LogP contribution < -0.4 is 10.6 Å². The highest BCUT2D eigenvalue weighted by atomic mass is 16.3. The summed E-state index contributed by atoms with van der Waals surface area (Å²) in [6.45, 7) is 4.00. The van der Waals surface area contributed by atoms with E-state index < -0.39 is 0 Å². The molecule has 0 aliphatic heterocycles. The van der Waals surface area contributed by atoms with Crippen LogP contribution in [0, 0.1) is 0 Å². The average molecular weight is 357 g/mol. The minimum absolute atomic E-state index is 0.0724. The molecule has 3 N–H and O–H groups in total. The zero-order valence-electron chi connectivity index (χ0n) is 17.0. The fourth-order valence-corrected chi connectivity index (χ4v) is 3.16. The van der Waals surface area contributed by atoms with Gasteiger partial charge in [-0.1, -0.05) is 96.8 Å². The number of aliphatic hydroxyl groups is 1. The van der Waals surface area contributed by atoms with Gasteiger partial charge in [0, 0.05) is 6.42 Å². The fourth-order valence-electron chi connectivity index (χ4n) is 3.16. The van der Waals surface area contributed by atoms with Crippen molar-refractivity contribution in [3.05, 3.63) is 0 Å². The van der Waals surface area contributed by atoms with E-state index >= 15 is 0 Å². The number of hydrogen-bond acceptors (Lipinski definition) is 3. The molecule has 0 aliphatic carbocycles. The van der Waals surface area contributed by atoms with E-state index in [0.717, 1.165) is 12.8 Å². The zero-order valence-corrected chi connectivity index (χ0v) is 17.0. The maximum Gasteiger partial charge on any atom is 0.221 e. The van der Waals surface area contributed by atoms with Gasteiger partial charge in [-0.2, -0.15) is 0 Å². The Morgan fingerprint density at radius 3 is 1.56 bits per heavy atom. The van der Waals surface area contributed by atoms with Crippen LogP contribution in [-0.2, 0) is 4.79 Å². The summed E-state index contributed by atoms with van der Waals surface area (Å²) in [4.78, 5) is 11.6. The Kier molecular flexibility index (Phi) is 19.2. The molecule has 25 heavy (non-hydrogen) atoms. The molecule has 0 bridgehead atoms. The summed E-state index contributed by atoms with van der Waals surface area (Å²) < 4.78 is 0. The molecule has 0 spiro atoms. The second-order valence-corrected chi connectivity index (χ2v) is 7.35. The van der Waals surface area contributed by atoms with Gasteiger partial charge in [-0.25, -0.2) is 0 Å². The van der Waals surface area contributed by atoms with Gasteiger partial charge in [-0.05, 0) is 13.3 Å². The normalized spacial score (nSPS) is 12.3. The number of hydrogen-bond donors (Lipinski definition) is 3. The fraction of sp³-hybridized carbons (Fsp3) is 0.952. The van der Waals surface area contributed by atoms with Crippen molar-refractivity contribution in [2.75, 3.05) is 6.73 Å². The molecule has 1 unspecified atom stereocenters. The Bertz CT molecular complexity index is 285. The van der Waals surface area contributed by atoms with Crippen molar-refractivity contribution in [1.29, 1.82) is 0 Å². The van der Waals surface area contributed by atoms with Gasteiger partial charge in [-0.3, -0.25) is 10.1 Å². The molecule has 0 radical (unpaired) electrons. The first kappa shape index (κ1) is 24.4. The van der Waals surface area contributed by atoms with Crippen molar-refractivity contribution in [3.63, 3.8) is 0 Å². The van der Waals surface area contributed by atoms with E-state index in [1.165, 1.54) is 83.5 Å². The smallest absolute Gasteiger partial charge is 0.221 e. The van der Waals surface area contributed by atoms with Gasteiger partial charge in [-0.15, -0.1) is 0 Å². The van der Waals surface area contributed by atoms with Gasteiger partial charge in [0.1, 0.15) is 0 Å². The standard InChI is InChI=1S/C21H44N2O2/c1-3-4-5-6-7-8-9-10-11-12-13-14-15-16-17-18-21(25)23-20(2)22-19-24/h20,22,24H,3-19H2,1-2H3,(H,23,25). The summed E-state index contributed by atoms with van der Waals surface area (Å²) in [5, 5.41) is 14.3. The van der Waals surface area contributed by atoms with Crippen LogP contribution in [0.5, 0.6) is 0 Å². The number of rotatable bonds is 19. The number of aliphatic hydroxyl groups excluding tert-OH is 1. The lowest BCUT2D eigenvalue weighted by atomic mass is 10.0. The van der Waals surface area contributed by atoms with Crippen LogP contribution in [0.15, 0.2) is 0 Å². The second-order valence-electron chi connectivity index (χ2n) is 7.35. The minimum atomic E-state index is -0.158. The monoisotopic (exact) mass is 356 g/mol. The van der Waals surface area contributed by atoms with Crippen molar-refractivity contribution in [2.45, 2.75) is 123 Å². The van der Waals surface area contributed by atoms with Crippen LogP contribution in [0.4, 0.5) is 0 Å². The molecule has 0 aromatic heterocycles. The first-order chi connectivity index (χ1) is 12.2. The Hall–Kier alpha value is -0.610.